The van der Waals surface area contributed by atoms with Crippen molar-refractivity contribution in [1.82, 2.24) is 9.80 Å². The van der Waals surface area contributed by atoms with Crippen LogP contribution >= 0.6 is 11.8 Å². The number of rotatable bonds is 8. The molecule has 5 nitrogen and oxygen atoms in total. The number of amides is 2. The molecule has 1 fully saturated rings. The van der Waals surface area contributed by atoms with E-state index in [0.29, 0.717) is 26.1 Å². The van der Waals surface area contributed by atoms with Gasteiger partial charge in [0.2, 0.25) is 11.8 Å². The number of nitrogens with zero attached hydrogens (tertiary/aromatic N) is 2. The van der Waals surface area contributed by atoms with Gasteiger partial charge in [0, 0.05) is 48.9 Å². The predicted octanol–water partition coefficient (Wildman–Crippen LogP) is 3.82. The molecule has 30 heavy (non-hydrogen) atoms. The van der Waals surface area contributed by atoms with Crippen LogP contribution in [-0.4, -0.2) is 60.1 Å². The Kier molecular flexibility index (Phi) is 8.34. The second-order valence-electron chi connectivity index (χ2n) is 7.63. The highest BCUT2D eigenvalue weighted by atomic mass is 32.2. The van der Waals surface area contributed by atoms with Crippen molar-refractivity contribution in [2.45, 2.75) is 31.6 Å². The van der Waals surface area contributed by atoms with Crippen LogP contribution in [0.5, 0.6) is 0 Å². The molecule has 1 N–H and O–H groups in total. The van der Waals surface area contributed by atoms with Gasteiger partial charge in [0.15, 0.2) is 0 Å². The van der Waals surface area contributed by atoms with Crippen molar-refractivity contribution >= 4 is 29.3 Å². The summed E-state index contributed by atoms with van der Waals surface area (Å²) < 4.78 is 0. The first-order valence-electron chi connectivity index (χ1n) is 10.6. The number of hydrogen-bond acceptors (Lipinski definition) is 4. The summed E-state index contributed by atoms with van der Waals surface area (Å²) in [6.07, 6.45) is 1.44. The molecule has 0 aromatic heterocycles. The summed E-state index contributed by atoms with van der Waals surface area (Å²) in [6, 6.07) is 16.3. The highest BCUT2D eigenvalue weighted by molar-refractivity contribution is 7.99. The van der Waals surface area contributed by atoms with Gasteiger partial charge in [-0.25, -0.2) is 0 Å². The number of anilines is 1. The van der Waals surface area contributed by atoms with Crippen LogP contribution in [0.1, 0.15) is 24.5 Å². The molecule has 0 radical (unpaired) electrons. The summed E-state index contributed by atoms with van der Waals surface area (Å²) >= 11 is 1.72. The van der Waals surface area contributed by atoms with Gasteiger partial charge in [-0.2, -0.15) is 0 Å². The number of thioether (sulfide) groups is 1. The van der Waals surface area contributed by atoms with Crippen molar-refractivity contribution in [2.75, 3.05) is 43.8 Å². The van der Waals surface area contributed by atoms with Crippen molar-refractivity contribution in [3.63, 3.8) is 0 Å². The Labute approximate surface area is 183 Å². The number of carbonyl (C=O) groups is 2. The lowest BCUT2D eigenvalue weighted by Gasteiger charge is -2.34. The SMILES string of the molecule is CCc1ccccc1NC(=O)CN1CCN(C(=O)CCSc2ccc(C)cc2)CC1. The first kappa shape index (κ1) is 22.4. The second kappa shape index (κ2) is 11.2. The van der Waals surface area contributed by atoms with E-state index in [1.54, 1.807) is 11.8 Å². The fourth-order valence-corrected chi connectivity index (χ4v) is 4.39. The molecule has 2 aromatic carbocycles. The summed E-state index contributed by atoms with van der Waals surface area (Å²) in [7, 11) is 0. The lowest BCUT2D eigenvalue weighted by atomic mass is 10.1. The van der Waals surface area contributed by atoms with Crippen LogP contribution < -0.4 is 5.32 Å². The van der Waals surface area contributed by atoms with Crippen LogP contribution in [0.15, 0.2) is 53.4 Å². The van der Waals surface area contributed by atoms with Crippen molar-refractivity contribution < 1.29 is 9.59 Å². The van der Waals surface area contributed by atoms with E-state index in [9.17, 15) is 9.59 Å². The van der Waals surface area contributed by atoms with E-state index in [-0.39, 0.29) is 11.8 Å². The number of hydrogen-bond donors (Lipinski definition) is 1. The largest absolute Gasteiger partial charge is 0.340 e. The van der Waals surface area contributed by atoms with Gasteiger partial charge in [-0.3, -0.25) is 14.5 Å². The van der Waals surface area contributed by atoms with E-state index in [2.05, 4.69) is 48.3 Å². The van der Waals surface area contributed by atoms with E-state index >= 15 is 0 Å². The molecule has 2 amide bonds. The molecule has 0 atom stereocenters. The maximum atomic E-state index is 12.5. The monoisotopic (exact) mass is 425 g/mol. The number of para-hydroxylation sites is 1. The van der Waals surface area contributed by atoms with Crippen LogP contribution in [0.3, 0.4) is 0 Å². The molecule has 6 heteroatoms. The smallest absolute Gasteiger partial charge is 0.238 e. The fourth-order valence-electron chi connectivity index (χ4n) is 3.55. The standard InChI is InChI=1S/C24H31N3O2S/c1-3-20-6-4-5-7-22(20)25-23(28)18-26-13-15-27(16-14-26)24(29)12-17-30-21-10-8-19(2)9-11-21/h4-11H,3,12-18H2,1-2H3,(H,25,28). The summed E-state index contributed by atoms with van der Waals surface area (Å²) in [6.45, 7) is 7.37. The van der Waals surface area contributed by atoms with E-state index in [1.807, 2.05) is 29.2 Å². The quantitative estimate of drug-likeness (QED) is 0.653. The molecule has 0 saturated carbocycles. The van der Waals surface area contributed by atoms with Crippen LogP contribution in [-0.2, 0) is 16.0 Å². The topological polar surface area (TPSA) is 52.7 Å². The number of aryl methyl sites for hydroxylation is 2. The third kappa shape index (κ3) is 6.61. The average Bonchev–Trinajstić information content (AvgIpc) is 2.76. The molecule has 0 aliphatic carbocycles. The van der Waals surface area contributed by atoms with Gasteiger partial charge in [-0.05, 0) is 37.1 Å². The normalized spacial score (nSPS) is 14.5. The maximum absolute atomic E-state index is 12.5. The van der Waals surface area contributed by atoms with Gasteiger partial charge in [-0.1, -0.05) is 42.8 Å². The molecule has 0 bridgehead atoms. The maximum Gasteiger partial charge on any atom is 0.238 e. The summed E-state index contributed by atoms with van der Waals surface area (Å²) in [5.74, 6) is 1.00. The summed E-state index contributed by atoms with van der Waals surface area (Å²) in [4.78, 5) is 30.2. The van der Waals surface area contributed by atoms with Crippen LogP contribution in [0, 0.1) is 6.92 Å². The number of carbonyl (C=O) groups excluding carboxylic acids is 2. The van der Waals surface area contributed by atoms with Crippen molar-refractivity contribution in [1.29, 1.82) is 0 Å². The highest BCUT2D eigenvalue weighted by Gasteiger charge is 2.22. The molecule has 160 valence electrons. The zero-order valence-electron chi connectivity index (χ0n) is 17.9. The molecule has 1 saturated heterocycles. The molecule has 1 heterocycles. The molecule has 1 aliphatic heterocycles. The van der Waals surface area contributed by atoms with Crippen molar-refractivity contribution in [2.24, 2.45) is 0 Å². The van der Waals surface area contributed by atoms with Crippen molar-refractivity contribution in [3.8, 4) is 0 Å². The fraction of sp³-hybridized carbons (Fsp3) is 0.417. The average molecular weight is 426 g/mol. The molecular weight excluding hydrogens is 394 g/mol. The van der Waals surface area contributed by atoms with Gasteiger partial charge in [0.1, 0.15) is 0 Å². The minimum atomic E-state index is 0.00479. The van der Waals surface area contributed by atoms with E-state index in [1.165, 1.54) is 10.5 Å². The van der Waals surface area contributed by atoms with E-state index in [0.717, 1.165) is 36.5 Å². The van der Waals surface area contributed by atoms with Gasteiger partial charge in [0.25, 0.3) is 0 Å². The molecule has 0 unspecified atom stereocenters. The summed E-state index contributed by atoms with van der Waals surface area (Å²) in [5, 5.41) is 3.03. The molecule has 0 spiro atoms. The number of benzene rings is 2. The van der Waals surface area contributed by atoms with Gasteiger partial charge in [-0.15, -0.1) is 11.8 Å². The lowest BCUT2D eigenvalue weighted by Crippen LogP contribution is -2.50. The van der Waals surface area contributed by atoms with Crippen LogP contribution in [0.25, 0.3) is 0 Å². The van der Waals surface area contributed by atoms with Gasteiger partial charge in [0.05, 0.1) is 6.54 Å². The molecular formula is C24H31N3O2S. The van der Waals surface area contributed by atoms with Crippen LogP contribution in [0.2, 0.25) is 0 Å². The Bertz CT molecular complexity index is 846. The Morgan fingerprint density at radius 3 is 2.40 bits per heavy atom. The third-order valence-electron chi connectivity index (χ3n) is 5.37. The zero-order valence-corrected chi connectivity index (χ0v) is 18.7. The first-order chi connectivity index (χ1) is 14.5. The third-order valence-corrected chi connectivity index (χ3v) is 6.38. The number of nitrogens with one attached hydrogen (secondary N) is 1. The van der Waals surface area contributed by atoms with Crippen LogP contribution in [0.4, 0.5) is 5.69 Å². The zero-order chi connectivity index (χ0) is 21.3. The molecule has 3 rings (SSSR count). The van der Waals surface area contributed by atoms with E-state index in [4.69, 9.17) is 0 Å². The molecule has 2 aromatic rings. The summed E-state index contributed by atoms with van der Waals surface area (Å²) in [5.41, 5.74) is 3.28. The van der Waals surface area contributed by atoms with E-state index < -0.39 is 0 Å². The second-order valence-corrected chi connectivity index (χ2v) is 8.80. The Morgan fingerprint density at radius 2 is 1.70 bits per heavy atom. The number of piperazine rings is 1. The molecule has 1 aliphatic rings. The minimum absolute atomic E-state index is 0.00479. The first-order valence-corrected chi connectivity index (χ1v) is 11.6. The van der Waals surface area contributed by atoms with Gasteiger partial charge >= 0.3 is 0 Å². The Hall–Kier alpha value is -2.31. The minimum Gasteiger partial charge on any atom is -0.340 e. The lowest BCUT2D eigenvalue weighted by molar-refractivity contribution is -0.132. The van der Waals surface area contributed by atoms with Crippen molar-refractivity contribution in [3.05, 3.63) is 59.7 Å². The highest BCUT2D eigenvalue weighted by Crippen LogP contribution is 2.20. The van der Waals surface area contributed by atoms with Gasteiger partial charge < -0.3 is 10.2 Å². The Morgan fingerprint density at radius 1 is 1.00 bits per heavy atom. The Balaban J connectivity index is 1.37. The predicted molar refractivity (Wildman–Crippen MR) is 124 cm³/mol.